The van der Waals surface area contributed by atoms with Crippen LogP contribution < -0.4 is 0 Å². The Hall–Kier alpha value is -2.28. The molecule has 1 unspecified atom stereocenters. The van der Waals surface area contributed by atoms with E-state index in [-0.39, 0.29) is 0 Å². The molecular formula is C12H10N4O2S. The number of hydrogen-bond donors (Lipinski definition) is 1. The molecule has 2 aromatic heterocycles. The van der Waals surface area contributed by atoms with Crippen LogP contribution in [0.2, 0.25) is 0 Å². The first-order valence-electron chi connectivity index (χ1n) is 5.65. The van der Waals surface area contributed by atoms with Crippen molar-refractivity contribution in [3.8, 4) is 11.4 Å². The van der Waals surface area contributed by atoms with Gasteiger partial charge in [-0.3, -0.25) is 0 Å². The van der Waals surface area contributed by atoms with E-state index in [2.05, 4.69) is 15.5 Å². The molecule has 0 amide bonds. The number of nitrogens with zero attached hydrogens (tertiary/aromatic N) is 4. The van der Waals surface area contributed by atoms with Crippen molar-refractivity contribution in [2.45, 2.75) is 13.0 Å². The highest BCUT2D eigenvalue weighted by Gasteiger charge is 2.20. The average Bonchev–Trinajstić information content (AvgIpc) is 3.05. The number of fused-ring (bicyclic) bond motifs is 1. The van der Waals surface area contributed by atoms with E-state index in [0.717, 1.165) is 15.6 Å². The Morgan fingerprint density at radius 2 is 2.26 bits per heavy atom. The normalized spacial score (nSPS) is 12.7. The molecule has 2 heterocycles. The smallest absolute Gasteiger partial charge is 0.328 e. The maximum atomic E-state index is 11.0. The highest BCUT2D eigenvalue weighted by Crippen LogP contribution is 2.27. The summed E-state index contributed by atoms with van der Waals surface area (Å²) < 4.78 is 2.44. The molecule has 3 aromatic rings. The van der Waals surface area contributed by atoms with E-state index < -0.39 is 12.0 Å². The van der Waals surface area contributed by atoms with Crippen molar-refractivity contribution in [1.29, 1.82) is 0 Å². The third-order valence-corrected chi connectivity index (χ3v) is 3.81. The van der Waals surface area contributed by atoms with Crippen LogP contribution in [0.1, 0.15) is 13.0 Å². The first-order chi connectivity index (χ1) is 9.16. The molecule has 0 saturated carbocycles. The standard InChI is InChI=1S/C12H10N4O2S/c1-7(12(17)18)16-11(13-14-15-16)9-3-2-8-4-5-19-10(8)6-9/h2-7H,1H3,(H,17,18). The second-order valence-electron chi connectivity index (χ2n) is 4.13. The fourth-order valence-corrected chi connectivity index (χ4v) is 2.67. The van der Waals surface area contributed by atoms with Crippen molar-refractivity contribution in [3.63, 3.8) is 0 Å². The van der Waals surface area contributed by atoms with E-state index in [0.29, 0.717) is 5.82 Å². The van der Waals surface area contributed by atoms with Crippen molar-refractivity contribution in [3.05, 3.63) is 29.6 Å². The van der Waals surface area contributed by atoms with Gasteiger partial charge in [-0.2, -0.15) is 0 Å². The van der Waals surface area contributed by atoms with Crippen LogP contribution in [-0.2, 0) is 4.79 Å². The average molecular weight is 274 g/mol. The summed E-state index contributed by atoms with van der Waals surface area (Å²) in [5.41, 5.74) is 0.813. The van der Waals surface area contributed by atoms with Crippen LogP contribution in [0.4, 0.5) is 0 Å². The molecule has 7 heteroatoms. The molecule has 0 bridgehead atoms. The van der Waals surface area contributed by atoms with Crippen LogP contribution in [-0.4, -0.2) is 31.3 Å². The lowest BCUT2D eigenvalue weighted by Crippen LogP contribution is -2.18. The molecule has 0 aliphatic rings. The van der Waals surface area contributed by atoms with Gasteiger partial charge in [0, 0.05) is 10.3 Å². The number of tetrazole rings is 1. The van der Waals surface area contributed by atoms with Crippen LogP contribution >= 0.6 is 11.3 Å². The molecule has 0 aliphatic heterocycles. The minimum absolute atomic E-state index is 0.463. The number of benzene rings is 1. The fraction of sp³-hybridized carbons (Fsp3) is 0.167. The monoisotopic (exact) mass is 274 g/mol. The maximum absolute atomic E-state index is 11.0. The number of carboxylic acid groups (broad SMARTS) is 1. The highest BCUT2D eigenvalue weighted by atomic mass is 32.1. The zero-order valence-corrected chi connectivity index (χ0v) is 10.8. The Kier molecular flexibility index (Phi) is 2.75. The van der Waals surface area contributed by atoms with Crippen molar-refractivity contribution < 1.29 is 9.90 Å². The Morgan fingerprint density at radius 1 is 1.42 bits per heavy atom. The number of aliphatic carboxylic acids is 1. The summed E-state index contributed by atoms with van der Waals surface area (Å²) in [6, 6.07) is 7.07. The summed E-state index contributed by atoms with van der Waals surface area (Å²) in [4.78, 5) is 11.0. The zero-order chi connectivity index (χ0) is 13.4. The van der Waals surface area contributed by atoms with Crippen LogP contribution in [0.3, 0.4) is 0 Å². The minimum Gasteiger partial charge on any atom is -0.480 e. The molecule has 1 aromatic carbocycles. The summed E-state index contributed by atoms with van der Waals surface area (Å²) in [7, 11) is 0. The number of thiophene rings is 1. The van der Waals surface area contributed by atoms with Crippen molar-refractivity contribution in [1.82, 2.24) is 20.2 Å². The highest BCUT2D eigenvalue weighted by molar-refractivity contribution is 7.17. The largest absolute Gasteiger partial charge is 0.480 e. The molecule has 6 nitrogen and oxygen atoms in total. The van der Waals surface area contributed by atoms with Gasteiger partial charge in [0.05, 0.1) is 0 Å². The molecule has 1 atom stereocenters. The summed E-state index contributed by atoms with van der Waals surface area (Å²) in [5, 5.41) is 23.5. The number of aromatic nitrogens is 4. The maximum Gasteiger partial charge on any atom is 0.328 e. The van der Waals surface area contributed by atoms with Crippen molar-refractivity contribution >= 4 is 27.4 Å². The van der Waals surface area contributed by atoms with Crippen LogP contribution in [0, 0.1) is 0 Å². The van der Waals surface area contributed by atoms with E-state index in [1.165, 1.54) is 4.68 Å². The lowest BCUT2D eigenvalue weighted by Gasteiger charge is -2.08. The van der Waals surface area contributed by atoms with Gasteiger partial charge in [0.15, 0.2) is 11.9 Å². The molecule has 0 saturated heterocycles. The topological polar surface area (TPSA) is 80.9 Å². The van der Waals surface area contributed by atoms with Gasteiger partial charge in [-0.1, -0.05) is 12.1 Å². The minimum atomic E-state index is -0.967. The van der Waals surface area contributed by atoms with Gasteiger partial charge in [0.1, 0.15) is 0 Å². The summed E-state index contributed by atoms with van der Waals surface area (Å²) in [5.74, 6) is -0.504. The Balaban J connectivity index is 2.11. The third kappa shape index (κ3) is 1.97. The first kappa shape index (κ1) is 11.8. The van der Waals surface area contributed by atoms with E-state index in [9.17, 15) is 4.79 Å². The molecule has 1 N–H and O–H groups in total. The second kappa shape index (κ2) is 4.43. The summed E-state index contributed by atoms with van der Waals surface area (Å²) >= 11 is 1.63. The predicted molar refractivity (Wildman–Crippen MR) is 71.0 cm³/mol. The van der Waals surface area contributed by atoms with Gasteiger partial charge >= 0.3 is 5.97 Å². The molecule has 0 radical (unpaired) electrons. The lowest BCUT2D eigenvalue weighted by molar-refractivity contribution is -0.140. The summed E-state index contributed by atoms with van der Waals surface area (Å²) in [6.45, 7) is 1.55. The van der Waals surface area contributed by atoms with Gasteiger partial charge in [0.25, 0.3) is 0 Å². The molecule has 0 fully saturated rings. The number of carboxylic acids is 1. The summed E-state index contributed by atoms with van der Waals surface area (Å²) in [6.07, 6.45) is 0. The molecule has 3 rings (SSSR count). The van der Waals surface area contributed by atoms with E-state index in [1.54, 1.807) is 18.3 Å². The molecule has 96 valence electrons. The third-order valence-electron chi connectivity index (χ3n) is 2.93. The fourth-order valence-electron chi connectivity index (χ4n) is 1.84. The quantitative estimate of drug-likeness (QED) is 0.791. The van der Waals surface area contributed by atoms with E-state index in [4.69, 9.17) is 5.11 Å². The van der Waals surface area contributed by atoms with Gasteiger partial charge < -0.3 is 5.11 Å². The second-order valence-corrected chi connectivity index (χ2v) is 5.08. The Bertz CT molecular complexity index is 749. The zero-order valence-electron chi connectivity index (χ0n) is 10.0. The molecule has 0 aliphatic carbocycles. The number of rotatable bonds is 3. The van der Waals surface area contributed by atoms with Crippen LogP contribution in [0.15, 0.2) is 29.6 Å². The van der Waals surface area contributed by atoms with Crippen LogP contribution in [0.25, 0.3) is 21.5 Å². The van der Waals surface area contributed by atoms with Crippen LogP contribution in [0.5, 0.6) is 0 Å². The Labute approximate surface area is 112 Å². The van der Waals surface area contributed by atoms with Gasteiger partial charge in [-0.15, -0.1) is 16.4 Å². The van der Waals surface area contributed by atoms with E-state index >= 15 is 0 Å². The van der Waals surface area contributed by atoms with Gasteiger partial charge in [-0.05, 0) is 40.2 Å². The Morgan fingerprint density at radius 3 is 3.05 bits per heavy atom. The van der Waals surface area contributed by atoms with E-state index in [1.807, 2.05) is 29.6 Å². The van der Waals surface area contributed by atoms with Gasteiger partial charge in [0.2, 0.25) is 0 Å². The predicted octanol–water partition coefficient (Wildman–Crippen LogP) is 2.20. The first-order valence-corrected chi connectivity index (χ1v) is 6.53. The molecule has 0 spiro atoms. The number of carbonyl (C=O) groups is 1. The molecular weight excluding hydrogens is 264 g/mol. The van der Waals surface area contributed by atoms with Crippen molar-refractivity contribution in [2.24, 2.45) is 0 Å². The molecule has 19 heavy (non-hydrogen) atoms. The van der Waals surface area contributed by atoms with Gasteiger partial charge in [-0.25, -0.2) is 9.48 Å². The van der Waals surface area contributed by atoms with Crippen molar-refractivity contribution in [2.75, 3.05) is 0 Å². The lowest BCUT2D eigenvalue weighted by atomic mass is 10.1. The SMILES string of the molecule is CC(C(=O)O)n1nnnc1-c1ccc2ccsc2c1. The number of hydrogen-bond acceptors (Lipinski definition) is 5.